The van der Waals surface area contributed by atoms with E-state index in [0.29, 0.717) is 35.7 Å². The van der Waals surface area contributed by atoms with Gasteiger partial charge in [-0.15, -0.1) is 0 Å². The lowest BCUT2D eigenvalue weighted by atomic mass is 9.71. The largest absolute Gasteiger partial charge is 0.370 e. The van der Waals surface area contributed by atoms with Gasteiger partial charge in [-0.05, 0) is 74.6 Å². The molecule has 4 aliphatic rings. The number of imide groups is 1. The van der Waals surface area contributed by atoms with Crippen molar-refractivity contribution >= 4 is 62.8 Å². The van der Waals surface area contributed by atoms with E-state index in [9.17, 15) is 14.4 Å². The molecule has 3 saturated heterocycles. The molecular formula is C41H49N11O3. The molecule has 3 aliphatic heterocycles. The summed E-state index contributed by atoms with van der Waals surface area (Å²) in [5.74, 6) is 0.259. The maximum absolute atomic E-state index is 13.1. The summed E-state index contributed by atoms with van der Waals surface area (Å²) in [6, 6.07) is 12.6. The summed E-state index contributed by atoms with van der Waals surface area (Å²) in [7, 11) is 5.53. The second-order valence-electron chi connectivity index (χ2n) is 16.2. The Morgan fingerprint density at radius 3 is 2.36 bits per heavy atom. The number of para-hydroxylation sites is 1. The Labute approximate surface area is 320 Å². The lowest BCUT2D eigenvalue weighted by Crippen LogP contribution is -2.47. The third-order valence-corrected chi connectivity index (χ3v) is 12.7. The second-order valence-corrected chi connectivity index (χ2v) is 16.2. The number of fused-ring (bicyclic) bond motifs is 2. The van der Waals surface area contributed by atoms with E-state index < -0.39 is 5.92 Å². The highest BCUT2D eigenvalue weighted by Gasteiger charge is 2.39. The average molecular weight is 744 g/mol. The zero-order valence-corrected chi connectivity index (χ0v) is 31.9. The Kier molecular flexibility index (Phi) is 8.93. The number of piperidine rings is 3. The van der Waals surface area contributed by atoms with Gasteiger partial charge in [0.15, 0.2) is 0 Å². The Morgan fingerprint density at radius 1 is 0.927 bits per heavy atom. The van der Waals surface area contributed by atoms with Gasteiger partial charge in [0.05, 0.1) is 34.7 Å². The Balaban J connectivity index is 0.837. The molecule has 3 amide bonds. The number of carbonyl (C=O) groups excluding carboxylic acids is 3. The SMILES string of the molecule is CN(C)C(=O)c1cc2cnc(Nc3ccc(N4CCC5(CC4)CCN(c4cccc6c([C@@H]7CCC(=O)NC7=O)nn(C)c46)CC5)cn3)nc2n1C1CCCC1. The third-order valence-electron chi connectivity index (χ3n) is 12.7. The molecule has 7 heterocycles. The summed E-state index contributed by atoms with van der Waals surface area (Å²) in [6.45, 7) is 3.94. The Bertz CT molecular complexity index is 2270. The molecular weight excluding hydrogens is 695 g/mol. The van der Waals surface area contributed by atoms with Crippen LogP contribution in [-0.2, 0) is 16.6 Å². The fourth-order valence-corrected chi connectivity index (χ4v) is 9.53. The van der Waals surface area contributed by atoms with Gasteiger partial charge < -0.3 is 24.6 Å². The van der Waals surface area contributed by atoms with Crippen LogP contribution in [0.2, 0.25) is 0 Å². The predicted octanol–water partition coefficient (Wildman–Crippen LogP) is 5.68. The van der Waals surface area contributed by atoms with Crippen LogP contribution in [0.3, 0.4) is 0 Å². The molecule has 1 aromatic carbocycles. The topological polar surface area (TPSA) is 146 Å². The van der Waals surface area contributed by atoms with Crippen molar-refractivity contribution in [1.82, 2.24) is 39.5 Å². The molecule has 4 aromatic heterocycles. The molecule has 14 nitrogen and oxygen atoms in total. The molecule has 286 valence electrons. The van der Waals surface area contributed by atoms with Crippen LogP contribution >= 0.6 is 0 Å². The molecule has 5 aromatic rings. The molecule has 4 fully saturated rings. The van der Waals surface area contributed by atoms with Gasteiger partial charge in [-0.3, -0.25) is 24.4 Å². The summed E-state index contributed by atoms with van der Waals surface area (Å²) in [6.07, 6.45) is 13.5. The smallest absolute Gasteiger partial charge is 0.270 e. The van der Waals surface area contributed by atoms with Gasteiger partial charge in [0.1, 0.15) is 17.2 Å². The number of carbonyl (C=O) groups is 3. The minimum Gasteiger partial charge on any atom is -0.370 e. The summed E-state index contributed by atoms with van der Waals surface area (Å²) in [5.41, 5.74) is 5.86. The van der Waals surface area contributed by atoms with Crippen LogP contribution in [0.25, 0.3) is 21.9 Å². The molecule has 1 aliphatic carbocycles. The molecule has 1 atom stereocenters. The average Bonchev–Trinajstić information content (AvgIpc) is 3.93. The number of nitrogens with one attached hydrogen (secondary N) is 2. The number of amides is 3. The number of aryl methyl sites for hydroxylation is 1. The van der Waals surface area contributed by atoms with E-state index in [1.54, 1.807) is 25.2 Å². The number of benzene rings is 1. The van der Waals surface area contributed by atoms with Crippen molar-refractivity contribution in [2.75, 3.05) is 55.4 Å². The molecule has 9 rings (SSSR count). The lowest BCUT2D eigenvalue weighted by molar-refractivity contribution is -0.134. The summed E-state index contributed by atoms with van der Waals surface area (Å²) in [5, 5.41) is 12.5. The number of rotatable bonds is 7. The van der Waals surface area contributed by atoms with Crippen molar-refractivity contribution in [3.8, 4) is 0 Å². The first-order valence-electron chi connectivity index (χ1n) is 19.8. The first-order valence-corrected chi connectivity index (χ1v) is 19.8. The van der Waals surface area contributed by atoms with Crippen molar-refractivity contribution in [2.24, 2.45) is 12.5 Å². The summed E-state index contributed by atoms with van der Waals surface area (Å²) in [4.78, 5) is 58.4. The molecule has 0 bridgehead atoms. The van der Waals surface area contributed by atoms with Gasteiger partial charge in [0, 0.05) is 76.8 Å². The van der Waals surface area contributed by atoms with Gasteiger partial charge in [-0.2, -0.15) is 10.1 Å². The fourth-order valence-electron chi connectivity index (χ4n) is 9.53. The minimum atomic E-state index is -0.409. The Hall–Kier alpha value is -5.53. The lowest BCUT2D eigenvalue weighted by Gasteiger charge is -2.48. The molecule has 1 saturated carbocycles. The zero-order chi connectivity index (χ0) is 37.8. The maximum atomic E-state index is 13.1. The van der Waals surface area contributed by atoms with Gasteiger partial charge in [0.25, 0.3) is 5.91 Å². The second kappa shape index (κ2) is 14.0. The van der Waals surface area contributed by atoms with Gasteiger partial charge >= 0.3 is 0 Å². The number of anilines is 4. The highest BCUT2D eigenvalue weighted by atomic mass is 16.2. The molecule has 1 spiro atoms. The molecule has 0 unspecified atom stereocenters. The maximum Gasteiger partial charge on any atom is 0.270 e. The van der Waals surface area contributed by atoms with Crippen molar-refractivity contribution in [3.05, 3.63) is 60.2 Å². The van der Waals surface area contributed by atoms with Gasteiger partial charge in [0.2, 0.25) is 17.8 Å². The van der Waals surface area contributed by atoms with Crippen LogP contribution in [0, 0.1) is 5.41 Å². The van der Waals surface area contributed by atoms with E-state index in [1.165, 1.54) is 0 Å². The van der Waals surface area contributed by atoms with Crippen LogP contribution in [0.1, 0.15) is 92.4 Å². The normalized spacial score (nSPS) is 20.5. The first-order chi connectivity index (χ1) is 26.7. The molecule has 14 heteroatoms. The van der Waals surface area contributed by atoms with E-state index in [4.69, 9.17) is 15.1 Å². The number of hydrogen-bond donors (Lipinski definition) is 2. The number of nitrogens with zero attached hydrogens (tertiary/aromatic N) is 9. The molecule has 0 radical (unpaired) electrons. The number of aromatic nitrogens is 6. The zero-order valence-electron chi connectivity index (χ0n) is 31.9. The van der Waals surface area contributed by atoms with Crippen LogP contribution in [0.5, 0.6) is 0 Å². The van der Waals surface area contributed by atoms with E-state index in [0.717, 1.165) is 117 Å². The monoisotopic (exact) mass is 743 g/mol. The first kappa shape index (κ1) is 35.2. The minimum absolute atomic E-state index is 0.0205. The highest BCUT2D eigenvalue weighted by molar-refractivity contribution is 6.03. The number of hydrogen-bond acceptors (Lipinski definition) is 10. The van der Waals surface area contributed by atoms with Crippen molar-refractivity contribution in [2.45, 2.75) is 76.2 Å². The van der Waals surface area contributed by atoms with Crippen LogP contribution in [0.15, 0.2) is 48.8 Å². The van der Waals surface area contributed by atoms with Crippen LogP contribution in [0.4, 0.5) is 23.1 Å². The Morgan fingerprint density at radius 2 is 1.67 bits per heavy atom. The van der Waals surface area contributed by atoms with Crippen molar-refractivity contribution < 1.29 is 14.4 Å². The van der Waals surface area contributed by atoms with E-state index in [-0.39, 0.29) is 23.8 Å². The molecule has 2 N–H and O–H groups in total. The predicted molar refractivity (Wildman–Crippen MR) is 212 cm³/mol. The van der Waals surface area contributed by atoms with Crippen LogP contribution in [-0.4, -0.2) is 92.2 Å². The quantitative estimate of drug-likeness (QED) is 0.200. The summed E-state index contributed by atoms with van der Waals surface area (Å²) >= 11 is 0. The van der Waals surface area contributed by atoms with Gasteiger partial charge in [-0.1, -0.05) is 25.0 Å². The van der Waals surface area contributed by atoms with Crippen LogP contribution < -0.4 is 20.4 Å². The standard InChI is InChI=1S/C41H49N11O3/c1-48(2)39(55)32-23-26-24-43-40(46-37(26)52(32)27-7-4-5-8-27)44-33-13-11-28(25-42-33)50-19-15-41(16-20-50)17-21-51(22-18-41)31-10-6-9-29-35(47-49(3)36(29)31)30-12-14-34(53)45-38(30)54/h6,9-11,13,23-25,27,30H,4-5,7-8,12,14-22H2,1-3H3,(H,45,53,54)(H,42,43,44,46)/t30-/m0/s1. The van der Waals surface area contributed by atoms with Gasteiger partial charge in [-0.25, -0.2) is 9.97 Å². The van der Waals surface area contributed by atoms with E-state index in [1.807, 2.05) is 30.1 Å². The third kappa shape index (κ3) is 6.44. The number of pyridine rings is 1. The molecule has 55 heavy (non-hydrogen) atoms. The van der Waals surface area contributed by atoms with Crippen molar-refractivity contribution in [3.63, 3.8) is 0 Å². The fraction of sp³-hybridized carbons (Fsp3) is 0.488. The highest BCUT2D eigenvalue weighted by Crippen LogP contribution is 2.44. The van der Waals surface area contributed by atoms with E-state index in [2.05, 4.69) is 54.2 Å². The van der Waals surface area contributed by atoms with E-state index >= 15 is 0 Å². The summed E-state index contributed by atoms with van der Waals surface area (Å²) < 4.78 is 4.04. The van der Waals surface area contributed by atoms with Crippen molar-refractivity contribution in [1.29, 1.82) is 0 Å².